The van der Waals surface area contributed by atoms with Crippen molar-refractivity contribution >= 4 is 17.7 Å². The Bertz CT molecular complexity index is 779. The Balaban J connectivity index is 1.64. The molecule has 0 N–H and O–H groups in total. The maximum Gasteiger partial charge on any atom is 0.339 e. The quantitative estimate of drug-likeness (QED) is 0.576. The van der Waals surface area contributed by atoms with Gasteiger partial charge in [-0.1, -0.05) is 30.3 Å². The zero-order valence-electron chi connectivity index (χ0n) is 13.8. The summed E-state index contributed by atoms with van der Waals surface area (Å²) in [6, 6.07) is 16.7. The number of carbonyl (C=O) groups excluding carboxylic acids is 1. The molecule has 4 nitrogen and oxygen atoms in total. The van der Waals surface area contributed by atoms with Crippen LogP contribution in [0.2, 0.25) is 0 Å². The van der Waals surface area contributed by atoms with Crippen LogP contribution in [0, 0.1) is 11.3 Å². The van der Waals surface area contributed by atoms with E-state index in [0.717, 1.165) is 30.1 Å². The molecule has 128 valence electrons. The minimum atomic E-state index is -0.372. The van der Waals surface area contributed by atoms with Crippen molar-refractivity contribution in [3.05, 3.63) is 65.2 Å². The van der Waals surface area contributed by atoms with Crippen LogP contribution in [-0.4, -0.2) is 24.4 Å². The summed E-state index contributed by atoms with van der Waals surface area (Å²) in [7, 11) is 0. The minimum absolute atomic E-state index is 0.0906. The van der Waals surface area contributed by atoms with Gasteiger partial charge in [-0.25, -0.2) is 4.79 Å². The molecular formula is C20H19NO3S. The third-order valence-corrected chi connectivity index (χ3v) is 5.26. The molecule has 0 saturated carbocycles. The number of ether oxygens (including phenoxy) is 2. The Morgan fingerprint density at radius 1 is 1.24 bits per heavy atom. The molecule has 3 rings (SSSR count). The summed E-state index contributed by atoms with van der Waals surface area (Å²) in [4.78, 5) is 13.4. The highest BCUT2D eigenvalue weighted by molar-refractivity contribution is 7.99. The van der Waals surface area contributed by atoms with Gasteiger partial charge in [0.25, 0.3) is 0 Å². The number of carbonyl (C=O) groups is 1. The number of nitrogens with zero attached hydrogens (tertiary/aromatic N) is 1. The lowest BCUT2D eigenvalue weighted by Gasteiger charge is -2.12. The van der Waals surface area contributed by atoms with E-state index in [2.05, 4.69) is 6.07 Å². The Morgan fingerprint density at radius 3 is 2.84 bits per heavy atom. The highest BCUT2D eigenvalue weighted by Gasteiger charge is 2.18. The van der Waals surface area contributed by atoms with E-state index < -0.39 is 0 Å². The van der Waals surface area contributed by atoms with E-state index in [4.69, 9.17) is 14.7 Å². The largest absolute Gasteiger partial charge is 0.457 e. The van der Waals surface area contributed by atoms with E-state index in [1.54, 1.807) is 36.0 Å². The molecule has 0 aliphatic carbocycles. The molecule has 0 radical (unpaired) electrons. The second-order valence-electron chi connectivity index (χ2n) is 5.79. The molecule has 0 aromatic heterocycles. The van der Waals surface area contributed by atoms with Gasteiger partial charge in [0.2, 0.25) is 0 Å². The van der Waals surface area contributed by atoms with Crippen LogP contribution in [-0.2, 0) is 16.1 Å². The van der Waals surface area contributed by atoms with Crippen LogP contribution in [0.15, 0.2) is 53.4 Å². The third-order valence-electron chi connectivity index (χ3n) is 4.05. The monoisotopic (exact) mass is 353 g/mol. The standard InChI is InChI=1S/C20H19NO3S/c21-12-15-6-1-2-7-16(15)13-24-20(22)18-9-3-4-10-19(18)25-14-17-8-5-11-23-17/h1-4,6-7,9-10,17H,5,8,11,13-14H2/t17-/m0/s1. The highest BCUT2D eigenvalue weighted by atomic mass is 32.2. The van der Waals surface area contributed by atoms with Crippen molar-refractivity contribution in [3.8, 4) is 6.07 Å². The maximum absolute atomic E-state index is 12.5. The zero-order chi connectivity index (χ0) is 17.5. The summed E-state index contributed by atoms with van der Waals surface area (Å²) in [6.45, 7) is 0.917. The molecule has 0 amide bonds. The lowest BCUT2D eigenvalue weighted by Crippen LogP contribution is -2.10. The normalized spacial score (nSPS) is 16.4. The molecule has 1 atom stereocenters. The van der Waals surface area contributed by atoms with Gasteiger partial charge in [-0.15, -0.1) is 11.8 Å². The molecule has 1 saturated heterocycles. The van der Waals surface area contributed by atoms with E-state index in [9.17, 15) is 4.79 Å². The first-order valence-corrected chi connectivity index (χ1v) is 9.25. The van der Waals surface area contributed by atoms with Crippen molar-refractivity contribution in [2.45, 2.75) is 30.4 Å². The summed E-state index contributed by atoms with van der Waals surface area (Å²) in [6.07, 6.45) is 2.44. The number of hydrogen-bond donors (Lipinski definition) is 0. The van der Waals surface area contributed by atoms with Crippen LogP contribution in [0.5, 0.6) is 0 Å². The molecule has 1 aliphatic heterocycles. The predicted molar refractivity (Wildman–Crippen MR) is 96.4 cm³/mol. The molecule has 1 heterocycles. The van der Waals surface area contributed by atoms with Crippen LogP contribution in [0.25, 0.3) is 0 Å². The fourth-order valence-corrected chi connectivity index (χ4v) is 3.81. The fourth-order valence-electron chi connectivity index (χ4n) is 2.70. The van der Waals surface area contributed by atoms with Crippen molar-refractivity contribution in [1.82, 2.24) is 0 Å². The first-order valence-electron chi connectivity index (χ1n) is 8.26. The van der Waals surface area contributed by atoms with Gasteiger partial charge in [-0.2, -0.15) is 5.26 Å². The van der Waals surface area contributed by atoms with Gasteiger partial charge in [0.15, 0.2) is 0 Å². The molecule has 1 aliphatic rings. The van der Waals surface area contributed by atoms with Crippen molar-refractivity contribution in [2.24, 2.45) is 0 Å². The van der Waals surface area contributed by atoms with Crippen LogP contribution in [0.4, 0.5) is 0 Å². The van der Waals surface area contributed by atoms with Crippen LogP contribution in [0.3, 0.4) is 0 Å². The summed E-state index contributed by atoms with van der Waals surface area (Å²) < 4.78 is 11.1. The molecule has 0 unspecified atom stereocenters. The van der Waals surface area contributed by atoms with Crippen LogP contribution < -0.4 is 0 Å². The SMILES string of the molecule is N#Cc1ccccc1COC(=O)c1ccccc1SC[C@@H]1CCCO1. The van der Waals surface area contributed by atoms with E-state index >= 15 is 0 Å². The Hall–Kier alpha value is -2.29. The summed E-state index contributed by atoms with van der Waals surface area (Å²) in [5.74, 6) is 0.463. The van der Waals surface area contributed by atoms with E-state index in [0.29, 0.717) is 16.7 Å². The van der Waals surface area contributed by atoms with Crippen molar-refractivity contribution in [2.75, 3.05) is 12.4 Å². The number of benzene rings is 2. The zero-order valence-corrected chi connectivity index (χ0v) is 14.6. The molecule has 0 bridgehead atoms. The van der Waals surface area contributed by atoms with Crippen molar-refractivity contribution in [1.29, 1.82) is 5.26 Å². The Kier molecular flexibility index (Phi) is 6.10. The smallest absolute Gasteiger partial charge is 0.339 e. The van der Waals surface area contributed by atoms with Gasteiger partial charge in [0, 0.05) is 22.8 Å². The second-order valence-corrected chi connectivity index (χ2v) is 6.85. The highest BCUT2D eigenvalue weighted by Crippen LogP contribution is 2.27. The lowest BCUT2D eigenvalue weighted by atomic mass is 10.1. The number of rotatable bonds is 6. The Labute approximate surface area is 151 Å². The maximum atomic E-state index is 12.5. The molecular weight excluding hydrogens is 334 g/mol. The summed E-state index contributed by atoms with van der Waals surface area (Å²) in [5.41, 5.74) is 1.79. The fraction of sp³-hybridized carbons (Fsp3) is 0.300. The van der Waals surface area contributed by atoms with Crippen LogP contribution in [0.1, 0.15) is 34.3 Å². The van der Waals surface area contributed by atoms with Gasteiger partial charge < -0.3 is 9.47 Å². The van der Waals surface area contributed by atoms with Crippen molar-refractivity contribution in [3.63, 3.8) is 0 Å². The minimum Gasteiger partial charge on any atom is -0.457 e. The van der Waals surface area contributed by atoms with Gasteiger partial charge in [-0.05, 0) is 31.0 Å². The average molecular weight is 353 g/mol. The number of thioether (sulfide) groups is 1. The molecule has 25 heavy (non-hydrogen) atoms. The summed E-state index contributed by atoms with van der Waals surface area (Å²) in [5, 5.41) is 9.11. The molecule has 0 spiro atoms. The predicted octanol–water partition coefficient (Wildman–Crippen LogP) is 4.19. The number of hydrogen-bond acceptors (Lipinski definition) is 5. The molecule has 1 fully saturated rings. The van der Waals surface area contributed by atoms with E-state index in [1.165, 1.54) is 0 Å². The second kappa shape index (κ2) is 8.70. The van der Waals surface area contributed by atoms with Gasteiger partial charge in [0.05, 0.1) is 23.3 Å². The number of nitriles is 1. The van der Waals surface area contributed by atoms with E-state index in [1.807, 2.05) is 24.3 Å². The van der Waals surface area contributed by atoms with Gasteiger partial charge in [0.1, 0.15) is 6.61 Å². The summed E-state index contributed by atoms with van der Waals surface area (Å²) >= 11 is 1.62. The average Bonchev–Trinajstić information content (AvgIpc) is 3.18. The topological polar surface area (TPSA) is 59.3 Å². The van der Waals surface area contributed by atoms with Crippen molar-refractivity contribution < 1.29 is 14.3 Å². The third kappa shape index (κ3) is 4.62. The van der Waals surface area contributed by atoms with Gasteiger partial charge >= 0.3 is 5.97 Å². The van der Waals surface area contributed by atoms with Crippen LogP contribution >= 0.6 is 11.8 Å². The Morgan fingerprint density at radius 2 is 2.04 bits per heavy atom. The molecule has 2 aromatic rings. The van der Waals surface area contributed by atoms with E-state index in [-0.39, 0.29) is 18.7 Å². The number of esters is 1. The first kappa shape index (κ1) is 17.5. The first-order chi connectivity index (χ1) is 12.3. The molecule has 5 heteroatoms. The lowest BCUT2D eigenvalue weighted by molar-refractivity contribution is 0.0468. The van der Waals surface area contributed by atoms with Gasteiger partial charge in [-0.3, -0.25) is 0 Å². The molecule has 2 aromatic carbocycles.